The molecule has 0 aliphatic heterocycles. The Balaban J connectivity index is 1.66. The topological polar surface area (TPSA) is 46.4 Å². The lowest BCUT2D eigenvalue weighted by Gasteiger charge is -2.11. The molecule has 0 radical (unpaired) electrons. The zero-order chi connectivity index (χ0) is 21.7. The fourth-order valence-electron chi connectivity index (χ4n) is 3.48. The molecule has 1 heterocycles. The van der Waals surface area contributed by atoms with Crippen LogP contribution in [-0.4, -0.2) is 22.4 Å². The highest BCUT2D eigenvalue weighted by Gasteiger charge is 2.16. The van der Waals surface area contributed by atoms with Gasteiger partial charge in [0.05, 0.1) is 12.0 Å². The Bertz CT molecular complexity index is 1050. The molecule has 1 aromatic heterocycles. The fourth-order valence-corrected chi connectivity index (χ4v) is 4.82. The second kappa shape index (κ2) is 10.1. The number of carbonyl (C=O) groups is 1. The minimum atomic E-state index is -0.105. The number of hydrazone groups is 1. The second-order valence-corrected chi connectivity index (χ2v) is 9.13. The summed E-state index contributed by atoms with van der Waals surface area (Å²) in [5, 5.41) is 4.19. The average molecular weight is 484 g/mol. The van der Waals surface area contributed by atoms with E-state index >= 15 is 0 Å². The molecule has 30 heavy (non-hydrogen) atoms. The van der Waals surface area contributed by atoms with E-state index in [4.69, 9.17) is 0 Å². The van der Waals surface area contributed by atoms with E-state index in [1.54, 1.807) is 18.0 Å². The zero-order valence-corrected chi connectivity index (χ0v) is 20.1. The zero-order valence-electron chi connectivity index (χ0n) is 17.7. The second-order valence-electron chi connectivity index (χ2n) is 7.35. The molecule has 0 atom stereocenters. The summed E-state index contributed by atoms with van der Waals surface area (Å²) in [5.74, 6) is 1.07. The summed E-state index contributed by atoms with van der Waals surface area (Å²) in [6.07, 6.45) is 1.71. The van der Waals surface area contributed by atoms with Crippen LogP contribution < -0.4 is 5.43 Å². The summed E-state index contributed by atoms with van der Waals surface area (Å²) in [7, 11) is 0. The number of thioether (sulfide) groups is 1. The third kappa shape index (κ3) is 5.43. The fraction of sp³-hybridized carbons (Fsp3) is 0.250. The Morgan fingerprint density at radius 1 is 1.07 bits per heavy atom. The van der Waals surface area contributed by atoms with Crippen LogP contribution >= 0.6 is 27.7 Å². The van der Waals surface area contributed by atoms with E-state index in [9.17, 15) is 4.79 Å². The highest BCUT2D eigenvalue weighted by molar-refractivity contribution is 9.10. The number of halogens is 1. The maximum absolute atomic E-state index is 12.1. The molecule has 0 aliphatic carbocycles. The van der Waals surface area contributed by atoms with Crippen molar-refractivity contribution in [2.75, 3.05) is 5.75 Å². The van der Waals surface area contributed by atoms with Gasteiger partial charge in [-0.15, -0.1) is 11.8 Å². The molecule has 1 N–H and O–H groups in total. The summed E-state index contributed by atoms with van der Waals surface area (Å²) in [6, 6.07) is 16.6. The number of nitrogens with one attached hydrogen (secondary N) is 1. The molecule has 0 aliphatic rings. The van der Waals surface area contributed by atoms with Crippen molar-refractivity contribution in [2.45, 2.75) is 33.4 Å². The minimum absolute atomic E-state index is 0.105. The van der Waals surface area contributed by atoms with E-state index < -0.39 is 0 Å². The van der Waals surface area contributed by atoms with Crippen molar-refractivity contribution in [1.82, 2.24) is 9.99 Å². The summed E-state index contributed by atoms with van der Waals surface area (Å²) >= 11 is 5.27. The first-order valence-electron chi connectivity index (χ1n) is 9.76. The van der Waals surface area contributed by atoms with Gasteiger partial charge in [-0.2, -0.15) is 5.10 Å². The molecule has 3 rings (SSSR count). The number of nitrogens with zero attached hydrogens (tertiary/aromatic N) is 2. The Morgan fingerprint density at radius 3 is 2.40 bits per heavy atom. The first-order valence-corrected chi connectivity index (χ1v) is 11.7. The van der Waals surface area contributed by atoms with Crippen LogP contribution in [0.15, 0.2) is 58.1 Å². The lowest BCUT2D eigenvalue weighted by atomic mass is 10.1. The molecule has 6 heteroatoms. The van der Waals surface area contributed by atoms with Crippen molar-refractivity contribution in [3.63, 3.8) is 0 Å². The first kappa shape index (κ1) is 22.4. The smallest absolute Gasteiger partial charge is 0.250 e. The van der Waals surface area contributed by atoms with Gasteiger partial charge in [0.1, 0.15) is 0 Å². The maximum Gasteiger partial charge on any atom is 0.250 e. The molecule has 1 amide bonds. The van der Waals surface area contributed by atoms with Crippen molar-refractivity contribution in [1.29, 1.82) is 0 Å². The average Bonchev–Trinajstić information content (AvgIpc) is 2.91. The van der Waals surface area contributed by atoms with E-state index in [0.717, 1.165) is 32.9 Å². The predicted molar refractivity (Wildman–Crippen MR) is 131 cm³/mol. The number of carbonyl (C=O) groups excluding carboxylic acids is 1. The quantitative estimate of drug-likeness (QED) is 0.338. The number of amides is 1. The van der Waals surface area contributed by atoms with E-state index in [2.05, 4.69) is 89.1 Å². The van der Waals surface area contributed by atoms with Crippen molar-refractivity contribution >= 4 is 39.8 Å². The SMILES string of the molecule is Cc1cc(C)cc(-n2c(C)c(Br)c(/C=N\NC(=O)CSCc3ccccc3)c2C)c1. The van der Waals surface area contributed by atoms with Gasteiger partial charge in [-0.3, -0.25) is 4.79 Å². The van der Waals surface area contributed by atoms with Gasteiger partial charge in [-0.1, -0.05) is 36.4 Å². The number of benzene rings is 2. The summed E-state index contributed by atoms with van der Waals surface area (Å²) < 4.78 is 3.19. The van der Waals surface area contributed by atoms with Gasteiger partial charge in [0.25, 0.3) is 0 Å². The number of aromatic nitrogens is 1. The van der Waals surface area contributed by atoms with Gasteiger partial charge in [-0.05, 0) is 72.4 Å². The summed E-state index contributed by atoms with van der Waals surface area (Å²) in [5.41, 5.74) is 10.6. The highest BCUT2D eigenvalue weighted by atomic mass is 79.9. The molecule has 0 spiro atoms. The molecular weight excluding hydrogens is 458 g/mol. The van der Waals surface area contributed by atoms with Crippen LogP contribution in [0.25, 0.3) is 5.69 Å². The van der Waals surface area contributed by atoms with E-state index in [-0.39, 0.29) is 5.91 Å². The van der Waals surface area contributed by atoms with Gasteiger partial charge in [-0.25, -0.2) is 5.43 Å². The molecule has 0 fully saturated rings. The van der Waals surface area contributed by atoms with Gasteiger partial charge in [0.15, 0.2) is 0 Å². The van der Waals surface area contributed by atoms with Crippen molar-refractivity contribution in [3.8, 4) is 5.69 Å². The van der Waals surface area contributed by atoms with Crippen LogP contribution in [0.1, 0.15) is 33.6 Å². The standard InChI is InChI=1S/C24H26BrN3OS/c1-16-10-17(2)12-21(11-16)28-18(3)22(24(25)19(28)4)13-26-27-23(29)15-30-14-20-8-6-5-7-9-20/h5-13H,14-15H2,1-4H3,(H,27,29)/b26-13-. The van der Waals surface area contributed by atoms with Crippen LogP contribution in [-0.2, 0) is 10.5 Å². The normalized spacial score (nSPS) is 11.2. The van der Waals surface area contributed by atoms with Crippen molar-refractivity contribution < 1.29 is 4.79 Å². The minimum Gasteiger partial charge on any atom is -0.317 e. The molecule has 0 unspecified atom stereocenters. The number of rotatable bonds is 7. The molecule has 0 saturated carbocycles. The summed E-state index contributed by atoms with van der Waals surface area (Å²) in [6.45, 7) is 8.35. The van der Waals surface area contributed by atoms with Gasteiger partial charge in [0, 0.05) is 32.9 Å². The van der Waals surface area contributed by atoms with Crippen molar-refractivity contribution in [2.24, 2.45) is 5.10 Å². The molecule has 4 nitrogen and oxygen atoms in total. The van der Waals surface area contributed by atoms with E-state index in [1.807, 2.05) is 18.2 Å². The molecule has 156 valence electrons. The molecule has 2 aromatic carbocycles. The third-order valence-corrected chi connectivity index (χ3v) is 6.81. The van der Waals surface area contributed by atoms with E-state index in [0.29, 0.717) is 5.75 Å². The third-order valence-electron chi connectivity index (χ3n) is 4.81. The monoisotopic (exact) mass is 483 g/mol. The predicted octanol–water partition coefficient (Wildman–Crippen LogP) is 5.86. The van der Waals surface area contributed by atoms with Gasteiger partial charge < -0.3 is 4.57 Å². The Morgan fingerprint density at radius 2 is 1.73 bits per heavy atom. The van der Waals surface area contributed by atoms with Crippen LogP contribution in [0, 0.1) is 27.7 Å². The maximum atomic E-state index is 12.1. The van der Waals surface area contributed by atoms with E-state index in [1.165, 1.54) is 16.7 Å². The molecule has 3 aromatic rings. The van der Waals surface area contributed by atoms with Crippen molar-refractivity contribution in [3.05, 3.63) is 86.6 Å². The van der Waals surface area contributed by atoms with Gasteiger partial charge in [0.2, 0.25) is 5.91 Å². The summed E-state index contributed by atoms with van der Waals surface area (Å²) in [4.78, 5) is 12.1. The first-order chi connectivity index (χ1) is 14.4. The lowest BCUT2D eigenvalue weighted by Crippen LogP contribution is -2.19. The van der Waals surface area contributed by atoms with Crippen LogP contribution in [0.3, 0.4) is 0 Å². The Labute approximate surface area is 190 Å². The molecule has 0 bridgehead atoms. The van der Waals surface area contributed by atoms with Crippen LogP contribution in [0.2, 0.25) is 0 Å². The van der Waals surface area contributed by atoms with Crippen LogP contribution in [0.5, 0.6) is 0 Å². The van der Waals surface area contributed by atoms with Crippen LogP contribution in [0.4, 0.5) is 0 Å². The van der Waals surface area contributed by atoms with Gasteiger partial charge >= 0.3 is 0 Å². The molecule has 0 saturated heterocycles. The number of hydrogen-bond donors (Lipinski definition) is 1. The molecular formula is C24H26BrN3OS. The largest absolute Gasteiger partial charge is 0.317 e. The Hall–Kier alpha value is -2.31. The Kier molecular flexibility index (Phi) is 7.56. The number of aryl methyl sites for hydroxylation is 2. The lowest BCUT2D eigenvalue weighted by molar-refractivity contribution is -0.118. The highest BCUT2D eigenvalue weighted by Crippen LogP contribution is 2.30. The number of hydrogen-bond acceptors (Lipinski definition) is 3.